The SMILES string of the molecule is COCCNC(=O)C(C)NC1CCOC(C(C)C)C1. The second-order valence-electron chi connectivity index (χ2n) is 5.55. The minimum absolute atomic E-state index is 0.0321. The normalized spacial score (nSPS) is 25.3. The van der Waals surface area contributed by atoms with Gasteiger partial charge in [-0.15, -0.1) is 0 Å². The first kappa shape index (κ1) is 16.4. The summed E-state index contributed by atoms with van der Waals surface area (Å²) in [5.74, 6) is 0.556. The monoisotopic (exact) mass is 272 g/mol. The summed E-state index contributed by atoms with van der Waals surface area (Å²) >= 11 is 0. The van der Waals surface area contributed by atoms with E-state index >= 15 is 0 Å². The fourth-order valence-corrected chi connectivity index (χ4v) is 2.30. The summed E-state index contributed by atoms with van der Waals surface area (Å²) in [6.45, 7) is 8.14. The number of ether oxygens (including phenoxy) is 2. The molecule has 2 N–H and O–H groups in total. The van der Waals surface area contributed by atoms with Crippen molar-refractivity contribution >= 4 is 5.91 Å². The molecule has 0 spiro atoms. The van der Waals surface area contributed by atoms with Crippen molar-refractivity contribution in [3.05, 3.63) is 0 Å². The van der Waals surface area contributed by atoms with E-state index in [0.717, 1.165) is 19.4 Å². The van der Waals surface area contributed by atoms with Crippen LogP contribution < -0.4 is 10.6 Å². The average molecular weight is 272 g/mol. The molecule has 0 aromatic heterocycles. The molecule has 5 heteroatoms. The van der Waals surface area contributed by atoms with Gasteiger partial charge >= 0.3 is 0 Å². The van der Waals surface area contributed by atoms with E-state index in [4.69, 9.17) is 9.47 Å². The number of carbonyl (C=O) groups is 1. The van der Waals surface area contributed by atoms with E-state index in [1.807, 2.05) is 6.92 Å². The maximum Gasteiger partial charge on any atom is 0.236 e. The van der Waals surface area contributed by atoms with Gasteiger partial charge in [0.05, 0.1) is 18.8 Å². The lowest BCUT2D eigenvalue weighted by Crippen LogP contribution is -2.50. The number of amides is 1. The van der Waals surface area contributed by atoms with Crippen LogP contribution in [-0.2, 0) is 14.3 Å². The van der Waals surface area contributed by atoms with Crippen molar-refractivity contribution in [2.75, 3.05) is 26.9 Å². The fraction of sp³-hybridized carbons (Fsp3) is 0.929. The number of nitrogens with one attached hydrogen (secondary N) is 2. The molecule has 3 unspecified atom stereocenters. The fourth-order valence-electron chi connectivity index (χ4n) is 2.30. The lowest BCUT2D eigenvalue weighted by Gasteiger charge is -2.33. The molecule has 19 heavy (non-hydrogen) atoms. The Kier molecular flexibility index (Phi) is 7.34. The predicted octanol–water partition coefficient (Wildman–Crippen LogP) is 0.931. The smallest absolute Gasteiger partial charge is 0.236 e. The average Bonchev–Trinajstić information content (AvgIpc) is 2.39. The van der Waals surface area contributed by atoms with Crippen molar-refractivity contribution < 1.29 is 14.3 Å². The van der Waals surface area contributed by atoms with Gasteiger partial charge in [0.25, 0.3) is 0 Å². The van der Waals surface area contributed by atoms with Crippen molar-refractivity contribution in [2.45, 2.75) is 51.8 Å². The maximum absolute atomic E-state index is 11.8. The Hall–Kier alpha value is -0.650. The van der Waals surface area contributed by atoms with Gasteiger partial charge in [0.15, 0.2) is 0 Å². The Morgan fingerprint density at radius 3 is 2.79 bits per heavy atom. The van der Waals surface area contributed by atoms with Gasteiger partial charge in [-0.05, 0) is 25.7 Å². The highest BCUT2D eigenvalue weighted by atomic mass is 16.5. The molecule has 0 aromatic rings. The molecule has 0 aromatic carbocycles. The molecular weight excluding hydrogens is 244 g/mol. The number of hydrogen-bond donors (Lipinski definition) is 2. The molecule has 1 aliphatic rings. The van der Waals surface area contributed by atoms with Gasteiger partial charge in [-0.2, -0.15) is 0 Å². The summed E-state index contributed by atoms with van der Waals surface area (Å²) in [6, 6.07) is 0.192. The van der Waals surface area contributed by atoms with Crippen LogP contribution in [0.5, 0.6) is 0 Å². The van der Waals surface area contributed by atoms with Crippen LogP contribution in [0.15, 0.2) is 0 Å². The van der Waals surface area contributed by atoms with Gasteiger partial charge in [0.2, 0.25) is 5.91 Å². The Morgan fingerprint density at radius 2 is 2.16 bits per heavy atom. The lowest BCUT2D eigenvalue weighted by atomic mass is 9.95. The molecular formula is C14H28N2O3. The summed E-state index contributed by atoms with van der Waals surface area (Å²) in [6.07, 6.45) is 2.25. The van der Waals surface area contributed by atoms with Gasteiger partial charge in [-0.3, -0.25) is 4.79 Å². The summed E-state index contributed by atoms with van der Waals surface area (Å²) in [5.41, 5.74) is 0. The van der Waals surface area contributed by atoms with Crippen LogP contribution in [0.1, 0.15) is 33.6 Å². The van der Waals surface area contributed by atoms with Crippen LogP contribution in [0.3, 0.4) is 0 Å². The van der Waals surface area contributed by atoms with E-state index in [1.54, 1.807) is 7.11 Å². The zero-order valence-corrected chi connectivity index (χ0v) is 12.6. The molecule has 1 heterocycles. The molecule has 112 valence electrons. The number of carbonyl (C=O) groups excluding carboxylic acids is 1. The summed E-state index contributed by atoms with van der Waals surface area (Å²) < 4.78 is 10.6. The molecule has 0 aliphatic carbocycles. The Bertz CT molecular complexity index is 271. The third kappa shape index (κ3) is 5.89. The van der Waals surface area contributed by atoms with E-state index in [1.165, 1.54) is 0 Å². The van der Waals surface area contributed by atoms with Crippen molar-refractivity contribution in [3.63, 3.8) is 0 Å². The second kappa shape index (κ2) is 8.51. The molecule has 1 amide bonds. The van der Waals surface area contributed by atoms with Gasteiger partial charge in [-0.1, -0.05) is 13.8 Å². The van der Waals surface area contributed by atoms with Gasteiger partial charge in [-0.25, -0.2) is 0 Å². The van der Waals surface area contributed by atoms with Crippen LogP contribution in [0.2, 0.25) is 0 Å². The van der Waals surface area contributed by atoms with Gasteiger partial charge < -0.3 is 20.1 Å². The lowest BCUT2D eigenvalue weighted by molar-refractivity contribution is -0.123. The van der Waals surface area contributed by atoms with Crippen LogP contribution in [0, 0.1) is 5.92 Å². The highest BCUT2D eigenvalue weighted by Crippen LogP contribution is 2.20. The molecule has 1 fully saturated rings. The van der Waals surface area contributed by atoms with E-state index in [2.05, 4.69) is 24.5 Å². The Balaban J connectivity index is 2.30. The van der Waals surface area contributed by atoms with Crippen LogP contribution in [-0.4, -0.2) is 51.0 Å². The van der Waals surface area contributed by atoms with E-state index in [-0.39, 0.29) is 11.9 Å². The zero-order valence-electron chi connectivity index (χ0n) is 12.6. The van der Waals surface area contributed by atoms with E-state index < -0.39 is 0 Å². The Morgan fingerprint density at radius 1 is 1.42 bits per heavy atom. The minimum atomic E-state index is -0.173. The molecule has 1 saturated heterocycles. The third-order valence-electron chi connectivity index (χ3n) is 3.54. The summed E-state index contributed by atoms with van der Waals surface area (Å²) in [4.78, 5) is 11.8. The van der Waals surface area contributed by atoms with Crippen molar-refractivity contribution in [1.82, 2.24) is 10.6 Å². The molecule has 3 atom stereocenters. The largest absolute Gasteiger partial charge is 0.383 e. The predicted molar refractivity (Wildman–Crippen MR) is 75.1 cm³/mol. The standard InChI is InChI=1S/C14H28N2O3/c1-10(2)13-9-12(5-7-19-13)16-11(3)14(17)15-6-8-18-4/h10-13,16H,5-9H2,1-4H3,(H,15,17). The van der Waals surface area contributed by atoms with Crippen LogP contribution >= 0.6 is 0 Å². The molecule has 1 rings (SSSR count). The van der Waals surface area contributed by atoms with Crippen LogP contribution in [0.4, 0.5) is 0 Å². The maximum atomic E-state index is 11.8. The highest BCUT2D eigenvalue weighted by molar-refractivity contribution is 5.81. The zero-order chi connectivity index (χ0) is 14.3. The van der Waals surface area contributed by atoms with Gasteiger partial charge in [0, 0.05) is 26.3 Å². The second-order valence-corrected chi connectivity index (χ2v) is 5.55. The van der Waals surface area contributed by atoms with E-state index in [9.17, 15) is 4.79 Å². The van der Waals surface area contributed by atoms with Crippen molar-refractivity contribution in [1.29, 1.82) is 0 Å². The number of hydrogen-bond acceptors (Lipinski definition) is 4. The summed E-state index contributed by atoms with van der Waals surface area (Å²) in [7, 11) is 1.63. The molecule has 1 aliphatic heterocycles. The minimum Gasteiger partial charge on any atom is -0.383 e. The molecule has 5 nitrogen and oxygen atoms in total. The topological polar surface area (TPSA) is 59.6 Å². The van der Waals surface area contributed by atoms with E-state index in [0.29, 0.717) is 31.2 Å². The molecule has 0 saturated carbocycles. The Labute approximate surface area is 116 Å². The number of methoxy groups -OCH3 is 1. The molecule has 0 bridgehead atoms. The first-order chi connectivity index (χ1) is 9.04. The highest BCUT2D eigenvalue weighted by Gasteiger charge is 2.26. The van der Waals surface area contributed by atoms with Crippen LogP contribution in [0.25, 0.3) is 0 Å². The first-order valence-electron chi connectivity index (χ1n) is 7.19. The van der Waals surface area contributed by atoms with Gasteiger partial charge in [0.1, 0.15) is 0 Å². The van der Waals surface area contributed by atoms with Crippen molar-refractivity contribution in [2.24, 2.45) is 5.92 Å². The quantitative estimate of drug-likeness (QED) is 0.677. The summed E-state index contributed by atoms with van der Waals surface area (Å²) in [5, 5.41) is 6.25. The third-order valence-corrected chi connectivity index (χ3v) is 3.54. The molecule has 0 radical (unpaired) electrons. The number of rotatable bonds is 7. The first-order valence-corrected chi connectivity index (χ1v) is 7.19. The van der Waals surface area contributed by atoms with Crippen molar-refractivity contribution in [3.8, 4) is 0 Å².